The summed E-state index contributed by atoms with van der Waals surface area (Å²) >= 11 is 0. The number of para-hydroxylation sites is 1. The van der Waals surface area contributed by atoms with Gasteiger partial charge in [-0.05, 0) is 30.4 Å². The Bertz CT molecular complexity index is 428. The van der Waals surface area contributed by atoms with Gasteiger partial charge in [-0.2, -0.15) is 0 Å². The summed E-state index contributed by atoms with van der Waals surface area (Å²) in [6.45, 7) is 6.14. The second-order valence-corrected chi connectivity index (χ2v) is 4.90. The Morgan fingerprint density at radius 1 is 1.50 bits per heavy atom. The Hall–Kier alpha value is -1.55. The topological polar surface area (TPSA) is 53.6 Å². The summed E-state index contributed by atoms with van der Waals surface area (Å²) < 4.78 is 0. The highest BCUT2D eigenvalue weighted by Gasteiger charge is 2.24. The minimum absolute atomic E-state index is 0.611. The number of hydrogen-bond donors (Lipinski definition) is 2. The van der Waals surface area contributed by atoms with Crippen molar-refractivity contribution in [1.82, 2.24) is 5.43 Å². The number of guanidine groups is 1. The molecule has 1 unspecified atom stereocenters. The molecule has 4 nitrogen and oxygen atoms in total. The molecule has 1 aliphatic rings. The molecule has 0 saturated carbocycles. The van der Waals surface area contributed by atoms with Crippen LogP contribution in [-0.2, 0) is 6.42 Å². The number of nitrogens with two attached hydrogens (primary N) is 1. The van der Waals surface area contributed by atoms with Crippen molar-refractivity contribution in [2.75, 3.05) is 18.0 Å². The molecule has 0 fully saturated rings. The molecule has 0 aromatic heterocycles. The van der Waals surface area contributed by atoms with E-state index < -0.39 is 0 Å². The van der Waals surface area contributed by atoms with Gasteiger partial charge in [-0.1, -0.05) is 32.0 Å². The van der Waals surface area contributed by atoms with Gasteiger partial charge in [0.15, 0.2) is 0 Å². The average Bonchev–Trinajstić information content (AvgIpc) is 2.39. The van der Waals surface area contributed by atoms with Crippen LogP contribution in [-0.4, -0.2) is 19.0 Å². The zero-order chi connectivity index (χ0) is 13.0. The molecule has 4 heteroatoms. The first-order chi connectivity index (χ1) is 8.76. The standard InChI is InChI=1S/C14H22N4/c1-3-8-16-14(17-15)18-10-11(2)9-12-6-4-5-7-13(12)18/h4-7,11H,3,8-10,15H2,1-2H3,(H,16,17). The fourth-order valence-corrected chi connectivity index (χ4v) is 2.42. The maximum absolute atomic E-state index is 5.62. The van der Waals surface area contributed by atoms with Gasteiger partial charge in [0.2, 0.25) is 5.96 Å². The maximum atomic E-state index is 5.62. The third-order valence-electron chi connectivity index (χ3n) is 3.21. The number of benzene rings is 1. The molecular weight excluding hydrogens is 224 g/mol. The minimum Gasteiger partial charge on any atom is -0.311 e. The molecule has 3 N–H and O–H groups in total. The molecule has 0 saturated heterocycles. The van der Waals surface area contributed by atoms with E-state index in [2.05, 4.69) is 53.4 Å². The maximum Gasteiger partial charge on any atom is 0.212 e. The summed E-state index contributed by atoms with van der Waals surface area (Å²) in [5.74, 6) is 7.01. The van der Waals surface area contributed by atoms with Crippen molar-refractivity contribution in [3.63, 3.8) is 0 Å². The van der Waals surface area contributed by atoms with Crippen LogP contribution in [0.25, 0.3) is 0 Å². The quantitative estimate of drug-likeness (QED) is 0.363. The number of fused-ring (bicyclic) bond motifs is 1. The van der Waals surface area contributed by atoms with Crippen molar-refractivity contribution in [3.05, 3.63) is 29.8 Å². The molecular formula is C14H22N4. The fraction of sp³-hybridized carbons (Fsp3) is 0.500. The van der Waals surface area contributed by atoms with Crippen LogP contribution in [0, 0.1) is 5.92 Å². The van der Waals surface area contributed by atoms with Crippen LogP contribution in [0.1, 0.15) is 25.8 Å². The summed E-state index contributed by atoms with van der Waals surface area (Å²) in [6.07, 6.45) is 2.15. The van der Waals surface area contributed by atoms with Gasteiger partial charge in [0, 0.05) is 18.8 Å². The Kier molecular flexibility index (Phi) is 4.20. The molecule has 1 aliphatic heterocycles. The van der Waals surface area contributed by atoms with E-state index in [0.717, 1.165) is 31.9 Å². The lowest BCUT2D eigenvalue weighted by Crippen LogP contribution is -2.49. The number of aliphatic imine (C=N–C) groups is 1. The zero-order valence-electron chi connectivity index (χ0n) is 11.2. The number of anilines is 1. The number of hydrazine groups is 1. The van der Waals surface area contributed by atoms with Gasteiger partial charge in [-0.3, -0.25) is 10.4 Å². The van der Waals surface area contributed by atoms with Crippen molar-refractivity contribution in [2.45, 2.75) is 26.7 Å². The second kappa shape index (κ2) is 5.87. The van der Waals surface area contributed by atoms with Gasteiger partial charge in [0.05, 0.1) is 0 Å². The van der Waals surface area contributed by atoms with E-state index in [-0.39, 0.29) is 0 Å². The zero-order valence-corrected chi connectivity index (χ0v) is 11.2. The summed E-state index contributed by atoms with van der Waals surface area (Å²) in [7, 11) is 0. The van der Waals surface area contributed by atoms with E-state index in [0.29, 0.717) is 5.92 Å². The molecule has 0 spiro atoms. The van der Waals surface area contributed by atoms with E-state index in [1.54, 1.807) is 0 Å². The molecule has 1 aromatic carbocycles. The Labute approximate surface area is 109 Å². The summed E-state index contributed by atoms with van der Waals surface area (Å²) in [5.41, 5.74) is 5.34. The van der Waals surface area contributed by atoms with Gasteiger partial charge in [0.25, 0.3) is 0 Å². The van der Waals surface area contributed by atoms with E-state index in [4.69, 9.17) is 5.84 Å². The first-order valence-corrected chi connectivity index (χ1v) is 6.62. The van der Waals surface area contributed by atoms with Crippen LogP contribution in [0.15, 0.2) is 29.3 Å². The first-order valence-electron chi connectivity index (χ1n) is 6.62. The van der Waals surface area contributed by atoms with Gasteiger partial charge in [-0.15, -0.1) is 0 Å². The van der Waals surface area contributed by atoms with Gasteiger partial charge in [0.1, 0.15) is 0 Å². The molecule has 0 aliphatic carbocycles. The van der Waals surface area contributed by atoms with Crippen molar-refractivity contribution < 1.29 is 0 Å². The highest BCUT2D eigenvalue weighted by Crippen LogP contribution is 2.29. The van der Waals surface area contributed by atoms with Crippen molar-refractivity contribution in [2.24, 2.45) is 16.8 Å². The Morgan fingerprint density at radius 2 is 2.28 bits per heavy atom. The normalized spacial score (nSPS) is 19.6. The highest BCUT2D eigenvalue weighted by molar-refractivity contribution is 5.96. The van der Waals surface area contributed by atoms with Crippen LogP contribution in [0.4, 0.5) is 5.69 Å². The summed E-state index contributed by atoms with van der Waals surface area (Å²) in [6, 6.07) is 8.48. The lowest BCUT2D eigenvalue weighted by molar-refractivity contribution is 0.563. The number of rotatable bonds is 2. The number of nitrogens with one attached hydrogen (secondary N) is 1. The molecule has 0 bridgehead atoms. The summed E-state index contributed by atoms with van der Waals surface area (Å²) in [4.78, 5) is 6.72. The van der Waals surface area contributed by atoms with E-state index in [9.17, 15) is 0 Å². The lowest BCUT2D eigenvalue weighted by atomic mass is 9.94. The van der Waals surface area contributed by atoms with Crippen molar-refractivity contribution >= 4 is 11.6 Å². The first kappa shape index (κ1) is 12.9. The SMILES string of the molecule is CCCN=C(NN)N1CC(C)Cc2ccccc21. The highest BCUT2D eigenvalue weighted by atomic mass is 15.4. The largest absolute Gasteiger partial charge is 0.311 e. The molecule has 98 valence electrons. The van der Waals surface area contributed by atoms with Gasteiger partial charge in [-0.25, -0.2) is 5.84 Å². The van der Waals surface area contributed by atoms with E-state index in [1.165, 1.54) is 11.3 Å². The van der Waals surface area contributed by atoms with Crippen molar-refractivity contribution in [3.8, 4) is 0 Å². The predicted molar refractivity (Wildman–Crippen MR) is 76.6 cm³/mol. The molecule has 2 rings (SSSR count). The number of nitrogens with zero attached hydrogens (tertiary/aromatic N) is 2. The van der Waals surface area contributed by atoms with E-state index >= 15 is 0 Å². The number of hydrogen-bond acceptors (Lipinski definition) is 2. The van der Waals surface area contributed by atoms with Crippen LogP contribution >= 0.6 is 0 Å². The minimum atomic E-state index is 0.611. The molecule has 1 heterocycles. The van der Waals surface area contributed by atoms with E-state index in [1.807, 2.05) is 0 Å². The third kappa shape index (κ3) is 2.64. The summed E-state index contributed by atoms with van der Waals surface area (Å²) in [5, 5.41) is 0. The molecule has 18 heavy (non-hydrogen) atoms. The Balaban J connectivity index is 2.32. The molecule has 0 radical (unpaired) electrons. The molecule has 1 atom stereocenters. The van der Waals surface area contributed by atoms with Crippen LogP contribution in [0.2, 0.25) is 0 Å². The van der Waals surface area contributed by atoms with Gasteiger partial charge >= 0.3 is 0 Å². The monoisotopic (exact) mass is 246 g/mol. The van der Waals surface area contributed by atoms with Gasteiger partial charge < -0.3 is 4.90 Å². The van der Waals surface area contributed by atoms with Crippen molar-refractivity contribution in [1.29, 1.82) is 0 Å². The second-order valence-electron chi connectivity index (χ2n) is 4.90. The average molecular weight is 246 g/mol. The van der Waals surface area contributed by atoms with Crippen LogP contribution in [0.5, 0.6) is 0 Å². The smallest absolute Gasteiger partial charge is 0.212 e. The fourth-order valence-electron chi connectivity index (χ4n) is 2.42. The Morgan fingerprint density at radius 3 is 3.00 bits per heavy atom. The predicted octanol–water partition coefficient (Wildman–Crippen LogP) is 1.91. The van der Waals surface area contributed by atoms with Crippen LogP contribution < -0.4 is 16.2 Å². The molecule has 1 aromatic rings. The third-order valence-corrected chi connectivity index (χ3v) is 3.21. The lowest BCUT2D eigenvalue weighted by Gasteiger charge is -2.34. The van der Waals surface area contributed by atoms with Crippen LogP contribution in [0.3, 0.4) is 0 Å². The molecule has 0 amide bonds.